The van der Waals surface area contributed by atoms with Crippen LogP contribution in [0, 0.1) is 0 Å². The summed E-state index contributed by atoms with van der Waals surface area (Å²) in [6, 6.07) is 0. The van der Waals surface area contributed by atoms with Crippen LogP contribution >= 0.6 is 27.5 Å². The Hall–Kier alpha value is -0.430. The summed E-state index contributed by atoms with van der Waals surface area (Å²) in [5.74, 6) is 0.411. The molecule has 1 atom stereocenters. The molecular weight excluding hydrogens is 299 g/mol. The van der Waals surface area contributed by atoms with Crippen LogP contribution in [0.15, 0.2) is 10.7 Å². The molecule has 1 aromatic heterocycles. The summed E-state index contributed by atoms with van der Waals surface area (Å²) in [6.45, 7) is 2.15. The highest BCUT2D eigenvalue weighted by Gasteiger charge is 2.16. The molecule has 2 rings (SSSR count). The van der Waals surface area contributed by atoms with E-state index < -0.39 is 0 Å². The fourth-order valence-corrected chi connectivity index (χ4v) is 1.67. The van der Waals surface area contributed by atoms with Gasteiger partial charge in [0.25, 0.3) is 0 Å². The zero-order chi connectivity index (χ0) is 11.4. The van der Waals surface area contributed by atoms with Crippen molar-refractivity contribution in [3.63, 3.8) is 0 Å². The third-order valence-electron chi connectivity index (χ3n) is 1.97. The van der Waals surface area contributed by atoms with Crippen LogP contribution in [0.5, 0.6) is 5.88 Å². The fraction of sp³-hybridized carbons (Fsp3) is 0.556. The summed E-state index contributed by atoms with van der Waals surface area (Å²) in [7, 11) is 0. The number of hydrogen-bond donors (Lipinski definition) is 0. The van der Waals surface area contributed by atoms with Gasteiger partial charge in [0, 0.05) is 6.20 Å². The van der Waals surface area contributed by atoms with Crippen molar-refractivity contribution in [3.05, 3.63) is 16.0 Å². The fourth-order valence-electron chi connectivity index (χ4n) is 1.24. The predicted octanol–water partition coefficient (Wildman–Crippen LogP) is 1.69. The lowest BCUT2D eigenvalue weighted by Gasteiger charge is -2.22. The van der Waals surface area contributed by atoms with Crippen LogP contribution in [-0.4, -0.2) is 42.5 Å². The predicted molar refractivity (Wildman–Crippen MR) is 60.8 cm³/mol. The maximum atomic E-state index is 5.66. The van der Waals surface area contributed by atoms with E-state index >= 15 is 0 Å². The van der Waals surface area contributed by atoms with Crippen LogP contribution in [-0.2, 0) is 9.47 Å². The second-order valence-electron chi connectivity index (χ2n) is 3.17. The SMILES string of the molecule is Clc1ncc(Br)c(OC[C@H]2COCCO2)n1. The standard InChI is InChI=1S/C9H10BrClN2O3/c10-7-3-12-9(11)13-8(7)16-5-6-4-14-1-2-15-6/h3,6H,1-2,4-5H2/t6-/m1/s1. The topological polar surface area (TPSA) is 53.5 Å². The molecule has 0 aromatic carbocycles. The van der Waals surface area contributed by atoms with Gasteiger partial charge in [0.15, 0.2) is 0 Å². The summed E-state index contributed by atoms with van der Waals surface area (Å²) >= 11 is 8.93. The molecule has 16 heavy (non-hydrogen) atoms. The molecule has 0 saturated carbocycles. The average molecular weight is 310 g/mol. The Bertz CT molecular complexity index is 361. The Kier molecular flexibility index (Phi) is 4.34. The first-order valence-corrected chi connectivity index (χ1v) is 5.93. The first-order valence-electron chi connectivity index (χ1n) is 4.76. The van der Waals surface area contributed by atoms with E-state index in [0.717, 1.165) is 0 Å². The Labute approximate surface area is 106 Å². The molecule has 7 heteroatoms. The van der Waals surface area contributed by atoms with E-state index in [1.807, 2.05) is 0 Å². The number of aromatic nitrogens is 2. The molecule has 0 aliphatic carbocycles. The minimum atomic E-state index is -0.0607. The Morgan fingerprint density at radius 3 is 3.19 bits per heavy atom. The van der Waals surface area contributed by atoms with Gasteiger partial charge in [-0.1, -0.05) is 0 Å². The minimum Gasteiger partial charge on any atom is -0.474 e. The highest BCUT2D eigenvalue weighted by atomic mass is 79.9. The monoisotopic (exact) mass is 308 g/mol. The quantitative estimate of drug-likeness (QED) is 0.795. The number of halogens is 2. The second kappa shape index (κ2) is 5.77. The maximum absolute atomic E-state index is 5.66. The molecule has 88 valence electrons. The van der Waals surface area contributed by atoms with Crippen LogP contribution in [0.25, 0.3) is 0 Å². The highest BCUT2D eigenvalue weighted by Crippen LogP contribution is 2.22. The van der Waals surface area contributed by atoms with E-state index in [1.165, 1.54) is 0 Å². The van der Waals surface area contributed by atoms with E-state index in [1.54, 1.807) is 6.20 Å². The van der Waals surface area contributed by atoms with Crippen molar-refractivity contribution in [1.29, 1.82) is 0 Å². The van der Waals surface area contributed by atoms with E-state index in [2.05, 4.69) is 25.9 Å². The second-order valence-corrected chi connectivity index (χ2v) is 4.36. The number of hydrogen-bond acceptors (Lipinski definition) is 5. The van der Waals surface area contributed by atoms with Crippen molar-refractivity contribution in [2.75, 3.05) is 26.4 Å². The smallest absolute Gasteiger partial charge is 0.232 e. The Morgan fingerprint density at radius 1 is 1.56 bits per heavy atom. The van der Waals surface area contributed by atoms with Gasteiger partial charge in [-0.3, -0.25) is 0 Å². The number of ether oxygens (including phenoxy) is 3. The molecule has 1 aliphatic rings. The highest BCUT2D eigenvalue weighted by molar-refractivity contribution is 9.10. The van der Waals surface area contributed by atoms with Gasteiger partial charge in [0.05, 0.1) is 24.3 Å². The van der Waals surface area contributed by atoms with Crippen LogP contribution in [0.1, 0.15) is 0 Å². The molecule has 0 amide bonds. The van der Waals surface area contributed by atoms with Gasteiger partial charge >= 0.3 is 0 Å². The summed E-state index contributed by atoms with van der Waals surface area (Å²) in [6.07, 6.45) is 1.48. The van der Waals surface area contributed by atoms with Gasteiger partial charge in [-0.25, -0.2) is 4.98 Å². The van der Waals surface area contributed by atoms with E-state index in [4.69, 9.17) is 25.8 Å². The van der Waals surface area contributed by atoms with Crippen molar-refractivity contribution in [2.24, 2.45) is 0 Å². The van der Waals surface area contributed by atoms with Crippen LogP contribution in [0.2, 0.25) is 5.28 Å². The van der Waals surface area contributed by atoms with Crippen LogP contribution < -0.4 is 4.74 Å². The zero-order valence-corrected chi connectivity index (χ0v) is 10.7. The van der Waals surface area contributed by atoms with Crippen molar-refractivity contribution in [2.45, 2.75) is 6.10 Å². The summed E-state index contributed by atoms with van der Waals surface area (Å²) < 4.78 is 16.8. The first kappa shape index (κ1) is 12.0. The van der Waals surface area contributed by atoms with Crippen molar-refractivity contribution in [3.8, 4) is 5.88 Å². The van der Waals surface area contributed by atoms with E-state index in [0.29, 0.717) is 36.8 Å². The summed E-state index contributed by atoms with van der Waals surface area (Å²) in [5, 5.41) is 0.152. The average Bonchev–Trinajstić information content (AvgIpc) is 2.32. The van der Waals surface area contributed by atoms with Crippen molar-refractivity contribution >= 4 is 27.5 Å². The molecule has 0 spiro atoms. The molecule has 1 aliphatic heterocycles. The molecule has 5 nitrogen and oxygen atoms in total. The van der Waals surface area contributed by atoms with Gasteiger partial charge < -0.3 is 14.2 Å². The lowest BCUT2D eigenvalue weighted by atomic mass is 10.4. The lowest BCUT2D eigenvalue weighted by molar-refractivity contribution is -0.102. The third kappa shape index (κ3) is 3.28. The molecule has 1 saturated heterocycles. The summed E-state index contributed by atoms with van der Waals surface area (Å²) in [4.78, 5) is 7.75. The molecule has 0 unspecified atom stereocenters. The molecule has 0 radical (unpaired) electrons. The molecule has 1 aromatic rings. The van der Waals surface area contributed by atoms with Gasteiger partial charge in [0.2, 0.25) is 11.2 Å². The van der Waals surface area contributed by atoms with Crippen LogP contribution in [0.4, 0.5) is 0 Å². The lowest BCUT2D eigenvalue weighted by Crippen LogP contribution is -2.33. The van der Waals surface area contributed by atoms with Gasteiger partial charge in [0.1, 0.15) is 12.7 Å². The van der Waals surface area contributed by atoms with Crippen molar-refractivity contribution < 1.29 is 14.2 Å². The largest absolute Gasteiger partial charge is 0.474 e. The Morgan fingerprint density at radius 2 is 2.44 bits per heavy atom. The molecule has 2 heterocycles. The maximum Gasteiger partial charge on any atom is 0.232 e. The summed E-state index contributed by atoms with van der Waals surface area (Å²) in [5.41, 5.74) is 0. The molecular formula is C9H10BrClN2O3. The van der Waals surface area contributed by atoms with Gasteiger partial charge in [-0.05, 0) is 27.5 Å². The number of nitrogens with zero attached hydrogens (tertiary/aromatic N) is 2. The zero-order valence-electron chi connectivity index (χ0n) is 8.36. The van der Waals surface area contributed by atoms with E-state index in [9.17, 15) is 0 Å². The van der Waals surface area contributed by atoms with Gasteiger partial charge in [-0.2, -0.15) is 4.98 Å². The molecule has 0 bridgehead atoms. The Balaban J connectivity index is 1.90. The van der Waals surface area contributed by atoms with Gasteiger partial charge in [-0.15, -0.1) is 0 Å². The normalized spacial score (nSPS) is 20.8. The first-order chi connectivity index (χ1) is 7.75. The third-order valence-corrected chi connectivity index (χ3v) is 2.70. The van der Waals surface area contributed by atoms with Crippen LogP contribution in [0.3, 0.4) is 0 Å². The minimum absolute atomic E-state index is 0.0607. The number of rotatable bonds is 3. The van der Waals surface area contributed by atoms with E-state index in [-0.39, 0.29) is 11.4 Å². The van der Waals surface area contributed by atoms with Crippen molar-refractivity contribution in [1.82, 2.24) is 9.97 Å². The molecule has 1 fully saturated rings. The molecule has 0 N–H and O–H groups in total.